The second kappa shape index (κ2) is 10.0. The van der Waals surface area contributed by atoms with Crippen LogP contribution in [0, 0.1) is 5.92 Å². The molecule has 1 N–H and O–H groups in total. The van der Waals surface area contributed by atoms with Crippen LogP contribution in [0.5, 0.6) is 0 Å². The van der Waals surface area contributed by atoms with Gasteiger partial charge in [-0.1, -0.05) is 37.3 Å². The van der Waals surface area contributed by atoms with Crippen molar-refractivity contribution in [1.29, 1.82) is 0 Å². The molecule has 0 aromatic carbocycles. The van der Waals surface area contributed by atoms with Gasteiger partial charge in [-0.25, -0.2) is 8.78 Å². The summed E-state index contributed by atoms with van der Waals surface area (Å²) in [6, 6.07) is 0.204. The molecule has 2 rings (SSSR count). The van der Waals surface area contributed by atoms with Gasteiger partial charge in [0, 0.05) is 18.9 Å². The van der Waals surface area contributed by atoms with E-state index in [2.05, 4.69) is 11.9 Å². The average molecular weight is 407 g/mol. The third-order valence-corrected chi connectivity index (χ3v) is 5.46. The van der Waals surface area contributed by atoms with Crippen molar-refractivity contribution < 1.29 is 26.7 Å². The molecule has 1 heterocycles. The zero-order valence-corrected chi connectivity index (χ0v) is 16.3. The van der Waals surface area contributed by atoms with E-state index in [1.807, 2.05) is 0 Å². The van der Waals surface area contributed by atoms with E-state index in [4.69, 9.17) is 4.74 Å². The second-order valence-corrected chi connectivity index (χ2v) is 7.84. The first-order chi connectivity index (χ1) is 13.1. The van der Waals surface area contributed by atoms with E-state index in [-0.39, 0.29) is 24.8 Å². The summed E-state index contributed by atoms with van der Waals surface area (Å²) in [7, 11) is 0. The minimum atomic E-state index is -4.48. The third kappa shape index (κ3) is 7.32. The summed E-state index contributed by atoms with van der Waals surface area (Å²) in [5.74, 6) is -2.96. The average Bonchev–Trinajstić information content (AvgIpc) is 2.98. The normalized spacial score (nSPS) is 28.4. The number of hydrogen-bond donors (Lipinski definition) is 1. The summed E-state index contributed by atoms with van der Waals surface area (Å²) in [4.78, 5) is 0. The highest BCUT2D eigenvalue weighted by Crippen LogP contribution is 2.42. The van der Waals surface area contributed by atoms with Crippen LogP contribution in [0.2, 0.25) is 0 Å². The molecular weight excluding hydrogens is 377 g/mol. The topological polar surface area (TPSA) is 21.3 Å². The quantitative estimate of drug-likeness (QED) is 0.396. The van der Waals surface area contributed by atoms with Gasteiger partial charge in [0.2, 0.25) is 5.92 Å². The molecule has 0 radical (unpaired) electrons. The molecule has 1 saturated heterocycles. The molecule has 0 spiro atoms. The number of rotatable bonds is 8. The molecule has 0 amide bonds. The van der Waals surface area contributed by atoms with E-state index >= 15 is 0 Å². The van der Waals surface area contributed by atoms with Gasteiger partial charge in [-0.15, -0.1) is 0 Å². The lowest BCUT2D eigenvalue weighted by Gasteiger charge is -2.32. The zero-order valence-electron chi connectivity index (χ0n) is 16.3. The minimum Gasteiger partial charge on any atom is -0.371 e. The summed E-state index contributed by atoms with van der Waals surface area (Å²) in [5, 5.41) is 3.40. The van der Waals surface area contributed by atoms with E-state index in [0.29, 0.717) is 12.8 Å². The predicted octanol–water partition coefficient (Wildman–Crippen LogP) is 5.96. The van der Waals surface area contributed by atoms with Crippen molar-refractivity contribution in [3.8, 4) is 0 Å². The Bertz CT molecular complexity index is 564. The maximum atomic E-state index is 13.7. The van der Waals surface area contributed by atoms with Crippen molar-refractivity contribution in [2.24, 2.45) is 5.92 Å². The maximum Gasteiger partial charge on any atom is 0.416 e. The number of hydrogen-bond acceptors (Lipinski definition) is 2. The van der Waals surface area contributed by atoms with E-state index in [1.54, 1.807) is 6.92 Å². The Labute approximate surface area is 163 Å². The van der Waals surface area contributed by atoms with Crippen LogP contribution in [0.25, 0.3) is 0 Å². The Balaban J connectivity index is 2.04. The van der Waals surface area contributed by atoms with Gasteiger partial charge in [0.25, 0.3) is 0 Å². The fourth-order valence-electron chi connectivity index (χ4n) is 4.00. The molecule has 2 fully saturated rings. The van der Waals surface area contributed by atoms with Crippen LogP contribution in [0.4, 0.5) is 22.0 Å². The van der Waals surface area contributed by atoms with Gasteiger partial charge in [-0.05, 0) is 45.1 Å². The van der Waals surface area contributed by atoms with E-state index < -0.39 is 29.9 Å². The summed E-state index contributed by atoms with van der Waals surface area (Å²) in [5.41, 5.74) is -0.823. The molecule has 7 heteroatoms. The smallest absolute Gasteiger partial charge is 0.371 e. The van der Waals surface area contributed by atoms with Gasteiger partial charge in [0.05, 0.1) is 17.8 Å². The van der Waals surface area contributed by atoms with Gasteiger partial charge in [-0.3, -0.25) is 0 Å². The van der Waals surface area contributed by atoms with Crippen molar-refractivity contribution >= 4 is 0 Å². The highest BCUT2D eigenvalue weighted by molar-refractivity contribution is 5.27. The Morgan fingerprint density at radius 3 is 2.57 bits per heavy atom. The first-order valence-corrected chi connectivity index (χ1v) is 9.95. The number of piperidine rings is 1. The Hall–Kier alpha value is -1.21. The van der Waals surface area contributed by atoms with Crippen LogP contribution in [-0.4, -0.2) is 36.9 Å². The van der Waals surface area contributed by atoms with Gasteiger partial charge >= 0.3 is 6.18 Å². The molecule has 1 saturated carbocycles. The van der Waals surface area contributed by atoms with Crippen LogP contribution in [0.3, 0.4) is 0 Å². The van der Waals surface area contributed by atoms with Crippen molar-refractivity contribution in [3.05, 3.63) is 36.5 Å². The van der Waals surface area contributed by atoms with E-state index in [9.17, 15) is 22.0 Å². The van der Waals surface area contributed by atoms with Crippen LogP contribution in [0.15, 0.2) is 36.5 Å². The highest BCUT2D eigenvalue weighted by Gasteiger charge is 2.43. The number of halogens is 5. The third-order valence-electron chi connectivity index (χ3n) is 5.46. The summed E-state index contributed by atoms with van der Waals surface area (Å²) < 4.78 is 72.3. The lowest BCUT2D eigenvalue weighted by Crippen LogP contribution is -2.40. The monoisotopic (exact) mass is 407 g/mol. The van der Waals surface area contributed by atoms with Crippen LogP contribution < -0.4 is 5.32 Å². The highest BCUT2D eigenvalue weighted by atomic mass is 19.4. The molecule has 28 heavy (non-hydrogen) atoms. The molecule has 0 bridgehead atoms. The van der Waals surface area contributed by atoms with Crippen molar-refractivity contribution in [2.45, 2.75) is 82.2 Å². The molecular formula is C21H30F5NO. The molecule has 2 nitrogen and oxygen atoms in total. The van der Waals surface area contributed by atoms with Crippen molar-refractivity contribution in [3.63, 3.8) is 0 Å². The Morgan fingerprint density at radius 2 is 2.04 bits per heavy atom. The summed E-state index contributed by atoms with van der Waals surface area (Å²) in [6.45, 7) is 5.84. The van der Waals surface area contributed by atoms with Gasteiger partial charge in [0.1, 0.15) is 0 Å². The zero-order chi connectivity index (χ0) is 20.8. The first-order valence-electron chi connectivity index (χ1n) is 9.95. The first kappa shape index (κ1) is 23.1. The molecule has 0 aromatic heterocycles. The number of ether oxygens (including phenoxy) is 1. The number of alkyl halides is 5. The van der Waals surface area contributed by atoms with E-state index in [0.717, 1.165) is 44.0 Å². The molecule has 4 unspecified atom stereocenters. The van der Waals surface area contributed by atoms with Crippen LogP contribution in [0.1, 0.15) is 51.9 Å². The molecule has 1 aliphatic carbocycles. The SMILES string of the molecule is C=C/C=C(\C=C/C(C)OC(CC1CCCCN1)C1CCC(F)(F)C1)C(F)(F)F. The van der Waals surface area contributed by atoms with E-state index in [1.165, 1.54) is 6.08 Å². The second-order valence-electron chi connectivity index (χ2n) is 7.84. The van der Waals surface area contributed by atoms with Gasteiger partial charge in [0.15, 0.2) is 0 Å². The van der Waals surface area contributed by atoms with Gasteiger partial charge in [-0.2, -0.15) is 13.2 Å². The summed E-state index contributed by atoms with van der Waals surface area (Å²) >= 11 is 0. The largest absolute Gasteiger partial charge is 0.416 e. The van der Waals surface area contributed by atoms with Crippen LogP contribution in [-0.2, 0) is 4.74 Å². The summed E-state index contributed by atoms with van der Waals surface area (Å²) in [6.07, 6.45) is 2.53. The predicted molar refractivity (Wildman–Crippen MR) is 100 cm³/mol. The molecule has 1 aliphatic heterocycles. The Kier molecular flexibility index (Phi) is 8.25. The standard InChI is InChI=1S/C21H30F5NO/c1-3-6-17(21(24,25)26)9-8-15(2)28-19(13-18-7-4-5-12-27-18)16-10-11-20(22,23)14-16/h3,6,8-9,15-16,18-19,27H,1,4-5,7,10-14H2,2H3/b9-8-,17-6+. The Morgan fingerprint density at radius 1 is 1.29 bits per heavy atom. The minimum absolute atomic E-state index is 0.153. The van der Waals surface area contributed by atoms with Crippen LogP contribution >= 0.6 is 0 Å². The maximum absolute atomic E-state index is 13.7. The molecule has 2 aliphatic rings. The lowest BCUT2D eigenvalue weighted by molar-refractivity contribution is -0.0883. The van der Waals surface area contributed by atoms with Crippen molar-refractivity contribution in [2.75, 3.05) is 6.54 Å². The van der Waals surface area contributed by atoms with Gasteiger partial charge < -0.3 is 10.1 Å². The fraction of sp³-hybridized carbons (Fsp3) is 0.714. The molecule has 0 aromatic rings. The number of nitrogens with one attached hydrogen (secondary N) is 1. The lowest BCUT2D eigenvalue weighted by atomic mass is 9.91. The van der Waals surface area contributed by atoms with Crippen molar-refractivity contribution in [1.82, 2.24) is 5.32 Å². The number of allylic oxidation sites excluding steroid dienone is 4. The molecule has 4 atom stereocenters. The fourth-order valence-corrected chi connectivity index (χ4v) is 4.00. The molecule has 160 valence electrons.